The Labute approximate surface area is 186 Å². The molecule has 0 fully saturated rings. The van der Waals surface area contributed by atoms with Gasteiger partial charge in [0.25, 0.3) is 17.4 Å². The van der Waals surface area contributed by atoms with Crippen molar-refractivity contribution in [1.82, 2.24) is 30.4 Å². The summed E-state index contributed by atoms with van der Waals surface area (Å²) in [6.45, 7) is 8.51. The minimum atomic E-state index is -0.600. The fourth-order valence-corrected chi connectivity index (χ4v) is 3.35. The highest BCUT2D eigenvalue weighted by molar-refractivity contribution is 6.05. The number of amides is 2. The van der Waals surface area contributed by atoms with Crippen molar-refractivity contribution in [3.63, 3.8) is 0 Å². The van der Waals surface area contributed by atoms with E-state index in [0.29, 0.717) is 23.0 Å². The van der Waals surface area contributed by atoms with Gasteiger partial charge in [0.1, 0.15) is 5.69 Å². The average molecular weight is 439 g/mol. The normalized spacial score (nSPS) is 11.5. The second kappa shape index (κ2) is 9.33. The van der Waals surface area contributed by atoms with Crippen LogP contribution in [0, 0.1) is 0 Å². The van der Waals surface area contributed by atoms with Gasteiger partial charge in [-0.05, 0) is 18.6 Å². The number of hydrazine groups is 1. The molecule has 3 rings (SSSR count). The second-order valence-corrected chi connectivity index (χ2v) is 8.83. The molecule has 0 aliphatic rings. The maximum atomic E-state index is 12.9. The van der Waals surface area contributed by atoms with Crippen LogP contribution in [0.4, 0.5) is 0 Å². The molecule has 0 saturated heterocycles. The Morgan fingerprint density at radius 2 is 1.66 bits per heavy atom. The molecule has 2 heterocycles. The molecule has 9 nitrogen and oxygen atoms in total. The number of unbranched alkanes of at least 4 members (excludes halogenated alkanes) is 2. The summed E-state index contributed by atoms with van der Waals surface area (Å²) >= 11 is 0. The van der Waals surface area contributed by atoms with Crippen molar-refractivity contribution in [3.8, 4) is 0 Å². The Bertz CT molecular complexity index is 1200. The van der Waals surface area contributed by atoms with Crippen molar-refractivity contribution in [2.24, 2.45) is 7.05 Å². The van der Waals surface area contributed by atoms with Gasteiger partial charge in [0, 0.05) is 24.4 Å². The zero-order valence-electron chi connectivity index (χ0n) is 19.2. The van der Waals surface area contributed by atoms with Crippen LogP contribution in [-0.2, 0) is 19.0 Å². The molecule has 0 unspecified atom stereocenters. The maximum absolute atomic E-state index is 12.9. The molecule has 2 N–H and O–H groups in total. The molecule has 0 aliphatic heterocycles. The van der Waals surface area contributed by atoms with E-state index in [1.807, 2.05) is 20.8 Å². The molecule has 2 amide bonds. The van der Waals surface area contributed by atoms with Gasteiger partial charge >= 0.3 is 0 Å². The van der Waals surface area contributed by atoms with Crippen LogP contribution >= 0.6 is 0 Å². The van der Waals surface area contributed by atoms with Crippen molar-refractivity contribution in [1.29, 1.82) is 0 Å². The maximum Gasteiger partial charge on any atom is 0.290 e. The van der Waals surface area contributed by atoms with Gasteiger partial charge in [0.05, 0.1) is 11.1 Å². The number of benzene rings is 1. The predicted octanol–water partition coefficient (Wildman–Crippen LogP) is 2.69. The van der Waals surface area contributed by atoms with Crippen LogP contribution in [0.2, 0.25) is 0 Å². The molecule has 0 spiro atoms. The smallest absolute Gasteiger partial charge is 0.267 e. The summed E-state index contributed by atoms with van der Waals surface area (Å²) in [5, 5.41) is 9.53. The zero-order chi connectivity index (χ0) is 23.5. The summed E-state index contributed by atoms with van der Waals surface area (Å²) in [6.07, 6.45) is 2.75. The summed E-state index contributed by atoms with van der Waals surface area (Å²) < 4.78 is 2.80. The monoisotopic (exact) mass is 438 g/mol. The van der Waals surface area contributed by atoms with Crippen molar-refractivity contribution in [2.45, 2.75) is 58.9 Å². The standard InChI is InChI=1S/C23H30N6O3/c1-6-7-10-13-29-22(32)16-12-9-8-11-15(16)19(27-29)21(31)25-24-20(30)17-14-18(23(2,3)4)26-28(17)5/h8-9,11-12,14H,6-7,10,13H2,1-5H3,(H,24,30)(H,25,31). The predicted molar refractivity (Wildman–Crippen MR) is 122 cm³/mol. The molecule has 9 heteroatoms. The van der Waals surface area contributed by atoms with E-state index in [1.165, 1.54) is 9.36 Å². The molecular weight excluding hydrogens is 408 g/mol. The number of nitrogens with zero attached hydrogens (tertiary/aromatic N) is 4. The van der Waals surface area contributed by atoms with Gasteiger partial charge in [-0.25, -0.2) is 4.68 Å². The first-order valence-corrected chi connectivity index (χ1v) is 10.8. The van der Waals surface area contributed by atoms with Crippen LogP contribution in [0.5, 0.6) is 0 Å². The minimum Gasteiger partial charge on any atom is -0.267 e. The quantitative estimate of drug-likeness (QED) is 0.454. The summed E-state index contributed by atoms with van der Waals surface area (Å²) in [6, 6.07) is 8.54. The molecule has 0 aliphatic carbocycles. The number of hydrogen-bond donors (Lipinski definition) is 2. The molecule has 170 valence electrons. The molecule has 3 aromatic rings. The van der Waals surface area contributed by atoms with Gasteiger partial charge in [-0.1, -0.05) is 58.7 Å². The van der Waals surface area contributed by atoms with Gasteiger partial charge in [0.2, 0.25) is 0 Å². The first-order valence-electron chi connectivity index (χ1n) is 10.8. The lowest BCUT2D eigenvalue weighted by Crippen LogP contribution is -2.43. The highest BCUT2D eigenvalue weighted by Crippen LogP contribution is 2.21. The van der Waals surface area contributed by atoms with E-state index in [2.05, 4.69) is 28.0 Å². The van der Waals surface area contributed by atoms with Crippen LogP contribution < -0.4 is 16.4 Å². The largest absolute Gasteiger partial charge is 0.290 e. The Morgan fingerprint density at radius 1 is 1.00 bits per heavy atom. The van der Waals surface area contributed by atoms with E-state index in [4.69, 9.17) is 0 Å². The lowest BCUT2D eigenvalue weighted by Gasteiger charge is -2.13. The van der Waals surface area contributed by atoms with Crippen LogP contribution in [0.1, 0.15) is 73.6 Å². The first-order chi connectivity index (χ1) is 15.1. The number of nitrogens with one attached hydrogen (secondary N) is 2. The second-order valence-electron chi connectivity index (χ2n) is 8.83. The molecule has 32 heavy (non-hydrogen) atoms. The van der Waals surface area contributed by atoms with Crippen LogP contribution in [0.15, 0.2) is 35.1 Å². The Morgan fingerprint density at radius 3 is 2.28 bits per heavy atom. The number of aryl methyl sites for hydroxylation is 2. The van der Waals surface area contributed by atoms with Crippen molar-refractivity contribution in [2.75, 3.05) is 0 Å². The van der Waals surface area contributed by atoms with Crippen LogP contribution in [0.25, 0.3) is 10.8 Å². The molecule has 1 aromatic carbocycles. The molecule has 0 radical (unpaired) electrons. The summed E-state index contributed by atoms with van der Waals surface area (Å²) in [5.41, 5.74) is 5.56. The van der Waals surface area contributed by atoms with Gasteiger partial charge in [0.15, 0.2) is 5.69 Å². The van der Waals surface area contributed by atoms with Gasteiger partial charge in [-0.3, -0.25) is 29.9 Å². The van der Waals surface area contributed by atoms with E-state index in [0.717, 1.165) is 25.0 Å². The fourth-order valence-electron chi connectivity index (χ4n) is 3.35. The van der Waals surface area contributed by atoms with Crippen molar-refractivity contribution in [3.05, 3.63) is 57.8 Å². The van der Waals surface area contributed by atoms with Crippen molar-refractivity contribution >= 4 is 22.6 Å². The summed E-state index contributed by atoms with van der Waals surface area (Å²) in [5.74, 6) is -1.10. The average Bonchev–Trinajstić information content (AvgIpc) is 3.16. The van der Waals surface area contributed by atoms with Gasteiger partial charge < -0.3 is 0 Å². The Kier molecular flexibility index (Phi) is 6.76. The Balaban J connectivity index is 1.84. The van der Waals surface area contributed by atoms with E-state index in [1.54, 1.807) is 37.4 Å². The topological polar surface area (TPSA) is 111 Å². The first kappa shape index (κ1) is 23.2. The van der Waals surface area contributed by atoms with E-state index < -0.39 is 11.8 Å². The number of aromatic nitrogens is 4. The molecule has 2 aromatic heterocycles. The third-order valence-electron chi connectivity index (χ3n) is 5.23. The third-order valence-corrected chi connectivity index (χ3v) is 5.23. The van der Waals surface area contributed by atoms with E-state index in [9.17, 15) is 14.4 Å². The minimum absolute atomic E-state index is 0.0809. The summed E-state index contributed by atoms with van der Waals surface area (Å²) in [7, 11) is 1.67. The number of hydrogen-bond acceptors (Lipinski definition) is 5. The number of fused-ring (bicyclic) bond motifs is 1. The molecule has 0 bridgehead atoms. The van der Waals surface area contributed by atoms with E-state index >= 15 is 0 Å². The fraction of sp³-hybridized carbons (Fsp3) is 0.435. The number of carbonyl (C=O) groups excluding carboxylic acids is 2. The lowest BCUT2D eigenvalue weighted by atomic mass is 9.92. The summed E-state index contributed by atoms with van der Waals surface area (Å²) in [4.78, 5) is 38.3. The number of rotatable bonds is 6. The molecule has 0 saturated carbocycles. The highest BCUT2D eigenvalue weighted by atomic mass is 16.2. The van der Waals surface area contributed by atoms with Gasteiger partial charge in [-0.2, -0.15) is 10.2 Å². The Hall–Kier alpha value is -3.49. The highest BCUT2D eigenvalue weighted by Gasteiger charge is 2.23. The number of carbonyl (C=O) groups is 2. The third kappa shape index (κ3) is 4.87. The van der Waals surface area contributed by atoms with Crippen LogP contribution in [-0.4, -0.2) is 31.4 Å². The van der Waals surface area contributed by atoms with Crippen molar-refractivity contribution < 1.29 is 9.59 Å². The van der Waals surface area contributed by atoms with Gasteiger partial charge in [-0.15, -0.1) is 0 Å². The zero-order valence-corrected chi connectivity index (χ0v) is 19.2. The lowest BCUT2D eigenvalue weighted by molar-refractivity contribution is 0.0838. The van der Waals surface area contributed by atoms with Crippen LogP contribution in [0.3, 0.4) is 0 Å². The van der Waals surface area contributed by atoms with E-state index in [-0.39, 0.29) is 16.7 Å². The molecular formula is C23H30N6O3. The molecule has 0 atom stereocenters. The SMILES string of the molecule is CCCCCn1nc(C(=O)NNC(=O)c2cc(C(C)(C)C)nn2C)c2ccccc2c1=O.